The van der Waals surface area contributed by atoms with E-state index in [1.54, 1.807) is 16.8 Å². The van der Waals surface area contributed by atoms with E-state index in [2.05, 4.69) is 22.7 Å². The van der Waals surface area contributed by atoms with Crippen molar-refractivity contribution in [1.82, 2.24) is 14.8 Å². The number of hydrogen-bond acceptors (Lipinski definition) is 5. The Morgan fingerprint density at radius 1 is 1.20 bits per heavy atom. The minimum atomic E-state index is -0.936. The lowest BCUT2D eigenvalue weighted by molar-refractivity contribution is -0.0832. The highest BCUT2D eigenvalue weighted by molar-refractivity contribution is 7.80. The van der Waals surface area contributed by atoms with Crippen LogP contribution in [-0.2, 0) is 6.54 Å². The van der Waals surface area contributed by atoms with E-state index in [0.717, 1.165) is 12.8 Å². The predicted molar refractivity (Wildman–Crippen MR) is 97.4 cm³/mol. The molecule has 7 heteroatoms. The van der Waals surface area contributed by atoms with E-state index in [1.807, 2.05) is 20.8 Å². The van der Waals surface area contributed by atoms with Gasteiger partial charge in [0.25, 0.3) is 0 Å². The molecule has 138 valence electrons. The van der Waals surface area contributed by atoms with Gasteiger partial charge in [-0.2, -0.15) is 5.10 Å². The molecule has 0 fully saturated rings. The summed E-state index contributed by atoms with van der Waals surface area (Å²) in [6.45, 7) is 6.90. The lowest BCUT2D eigenvalue weighted by atomic mass is 9.73. The zero-order valence-electron chi connectivity index (χ0n) is 14.9. The Morgan fingerprint density at radius 2 is 1.88 bits per heavy atom. The normalized spacial score (nSPS) is 14.3. The summed E-state index contributed by atoms with van der Waals surface area (Å²) < 4.78 is 20.1. The first kappa shape index (κ1) is 19.7. The van der Waals surface area contributed by atoms with Crippen LogP contribution in [-0.4, -0.2) is 32.1 Å². The van der Waals surface area contributed by atoms with Crippen LogP contribution in [0.15, 0.2) is 35.7 Å². The molecule has 2 aromatic rings. The molecule has 0 saturated carbocycles. The largest absolute Gasteiger partial charge is 0.494 e. The van der Waals surface area contributed by atoms with Gasteiger partial charge < -0.3 is 9.84 Å². The monoisotopic (exact) mass is 367 g/mol. The molecule has 0 bridgehead atoms. The SMILES string of the molecule is CC(C)(C)C(O)(CCCCOc1ccc(F)cc1)Cn1ncnc1S. The van der Waals surface area contributed by atoms with Gasteiger partial charge in [-0.15, -0.1) is 12.6 Å². The van der Waals surface area contributed by atoms with Crippen LogP contribution in [0.3, 0.4) is 0 Å². The molecular formula is C18H26FN3O2S. The van der Waals surface area contributed by atoms with Gasteiger partial charge in [0.05, 0.1) is 18.8 Å². The zero-order chi connectivity index (χ0) is 18.5. The van der Waals surface area contributed by atoms with Gasteiger partial charge in [0, 0.05) is 0 Å². The second-order valence-corrected chi connectivity index (χ2v) is 7.66. The van der Waals surface area contributed by atoms with E-state index in [9.17, 15) is 9.50 Å². The van der Waals surface area contributed by atoms with Crippen molar-refractivity contribution in [2.45, 2.75) is 57.3 Å². The third-order valence-electron chi connectivity index (χ3n) is 4.47. The molecule has 1 heterocycles. The predicted octanol–water partition coefficient (Wildman–Crippen LogP) is 3.73. The lowest BCUT2D eigenvalue weighted by Crippen LogP contribution is -2.46. The lowest BCUT2D eigenvalue weighted by Gasteiger charge is -2.40. The van der Waals surface area contributed by atoms with Crippen molar-refractivity contribution < 1.29 is 14.2 Å². The van der Waals surface area contributed by atoms with Crippen LogP contribution in [0.2, 0.25) is 0 Å². The highest BCUT2D eigenvalue weighted by atomic mass is 32.1. The fraction of sp³-hybridized carbons (Fsp3) is 0.556. The first-order valence-electron chi connectivity index (χ1n) is 8.39. The van der Waals surface area contributed by atoms with Crippen LogP contribution < -0.4 is 4.74 Å². The van der Waals surface area contributed by atoms with E-state index in [-0.39, 0.29) is 11.2 Å². The van der Waals surface area contributed by atoms with Crippen LogP contribution in [0.4, 0.5) is 4.39 Å². The summed E-state index contributed by atoms with van der Waals surface area (Å²) in [5.74, 6) is 0.370. The summed E-state index contributed by atoms with van der Waals surface area (Å²) in [7, 11) is 0. The smallest absolute Gasteiger partial charge is 0.183 e. The third-order valence-corrected chi connectivity index (χ3v) is 4.82. The van der Waals surface area contributed by atoms with Gasteiger partial charge in [0.1, 0.15) is 17.9 Å². The van der Waals surface area contributed by atoms with E-state index in [4.69, 9.17) is 4.74 Å². The van der Waals surface area contributed by atoms with Gasteiger partial charge in [-0.1, -0.05) is 20.8 Å². The van der Waals surface area contributed by atoms with Gasteiger partial charge in [-0.05, 0) is 48.9 Å². The molecule has 1 unspecified atom stereocenters. The fourth-order valence-corrected chi connectivity index (χ4v) is 2.72. The minimum absolute atomic E-state index is 0.278. The van der Waals surface area contributed by atoms with Crippen molar-refractivity contribution in [2.24, 2.45) is 5.41 Å². The molecule has 0 aliphatic rings. The molecule has 1 N–H and O–H groups in total. The number of nitrogens with zero attached hydrogens (tertiary/aromatic N) is 3. The Morgan fingerprint density at radius 3 is 2.44 bits per heavy atom. The van der Waals surface area contributed by atoms with E-state index < -0.39 is 5.60 Å². The van der Waals surface area contributed by atoms with Gasteiger partial charge >= 0.3 is 0 Å². The number of rotatable bonds is 8. The van der Waals surface area contributed by atoms with Crippen LogP contribution in [0.1, 0.15) is 40.0 Å². The number of ether oxygens (including phenoxy) is 1. The summed E-state index contributed by atoms with van der Waals surface area (Å²) in [6.07, 6.45) is 3.63. The number of halogens is 1. The summed E-state index contributed by atoms with van der Waals surface area (Å²) >= 11 is 4.26. The third kappa shape index (κ3) is 5.44. The molecule has 1 aromatic carbocycles. The van der Waals surface area contributed by atoms with Crippen molar-refractivity contribution in [3.05, 3.63) is 36.4 Å². The molecule has 0 aliphatic carbocycles. The average molecular weight is 367 g/mol. The summed E-state index contributed by atoms with van der Waals surface area (Å²) in [5.41, 5.74) is -1.26. The Kier molecular flexibility index (Phi) is 6.46. The molecule has 5 nitrogen and oxygen atoms in total. The van der Waals surface area contributed by atoms with Gasteiger partial charge in [-0.3, -0.25) is 0 Å². The molecule has 0 aliphatic heterocycles. The molecule has 0 radical (unpaired) electrons. The Balaban J connectivity index is 1.85. The van der Waals surface area contributed by atoms with E-state index in [1.165, 1.54) is 18.5 Å². The topological polar surface area (TPSA) is 60.2 Å². The Hall–Kier alpha value is -1.60. The quantitative estimate of drug-likeness (QED) is 0.551. The number of thiol groups is 1. The molecule has 0 amide bonds. The van der Waals surface area contributed by atoms with Crippen LogP contribution in [0.5, 0.6) is 5.75 Å². The standard InChI is InChI=1S/C18H26FN3O2S/c1-17(2,3)18(23,12-22-16(25)20-13-21-22)10-4-5-11-24-15-8-6-14(19)7-9-15/h6-9,13,23H,4-5,10-12H2,1-3H3,(H,20,21,25). The van der Waals surface area contributed by atoms with Crippen LogP contribution >= 0.6 is 12.6 Å². The number of benzene rings is 1. The van der Waals surface area contributed by atoms with Crippen molar-refractivity contribution in [1.29, 1.82) is 0 Å². The van der Waals surface area contributed by atoms with Gasteiger partial charge in [0.2, 0.25) is 0 Å². The molecule has 0 spiro atoms. The molecule has 25 heavy (non-hydrogen) atoms. The van der Waals surface area contributed by atoms with Crippen LogP contribution in [0, 0.1) is 11.2 Å². The first-order valence-corrected chi connectivity index (χ1v) is 8.83. The van der Waals surface area contributed by atoms with Gasteiger partial charge in [-0.25, -0.2) is 14.1 Å². The fourth-order valence-electron chi connectivity index (χ4n) is 2.55. The number of hydrogen-bond donors (Lipinski definition) is 2. The molecule has 0 saturated heterocycles. The minimum Gasteiger partial charge on any atom is -0.494 e. The highest BCUT2D eigenvalue weighted by Crippen LogP contribution is 2.36. The zero-order valence-corrected chi connectivity index (χ0v) is 15.8. The van der Waals surface area contributed by atoms with Crippen molar-refractivity contribution in [3.8, 4) is 5.75 Å². The number of aromatic nitrogens is 3. The number of aliphatic hydroxyl groups is 1. The molecule has 1 aromatic heterocycles. The maximum absolute atomic E-state index is 12.9. The second kappa shape index (κ2) is 8.19. The van der Waals surface area contributed by atoms with Crippen molar-refractivity contribution in [2.75, 3.05) is 6.61 Å². The second-order valence-electron chi connectivity index (χ2n) is 7.26. The summed E-state index contributed by atoms with van der Waals surface area (Å²) in [5, 5.41) is 15.8. The Labute approximate surface area is 153 Å². The first-order chi connectivity index (χ1) is 11.7. The summed E-state index contributed by atoms with van der Waals surface area (Å²) in [6, 6.07) is 5.97. The van der Waals surface area contributed by atoms with Crippen molar-refractivity contribution in [3.63, 3.8) is 0 Å². The molecular weight excluding hydrogens is 341 g/mol. The van der Waals surface area contributed by atoms with E-state index >= 15 is 0 Å². The maximum Gasteiger partial charge on any atom is 0.183 e. The highest BCUT2D eigenvalue weighted by Gasteiger charge is 2.40. The maximum atomic E-state index is 12.9. The van der Waals surface area contributed by atoms with E-state index in [0.29, 0.717) is 30.5 Å². The van der Waals surface area contributed by atoms with Crippen molar-refractivity contribution >= 4 is 12.6 Å². The molecule has 2 rings (SSSR count). The average Bonchev–Trinajstić information content (AvgIpc) is 2.93. The molecule has 1 atom stereocenters. The summed E-state index contributed by atoms with van der Waals surface area (Å²) in [4.78, 5) is 3.99. The van der Waals surface area contributed by atoms with Gasteiger partial charge in [0.15, 0.2) is 5.16 Å². The van der Waals surface area contributed by atoms with Crippen LogP contribution in [0.25, 0.3) is 0 Å². The number of unbranched alkanes of at least 4 members (excludes halogenated alkanes) is 1. The Bertz CT molecular complexity index is 670.